The first-order valence-corrected chi connectivity index (χ1v) is 24.0. The second kappa shape index (κ2) is 14.5. The Kier molecular flexibility index (Phi) is 8.21. The van der Waals surface area contributed by atoms with Crippen molar-refractivity contribution in [1.82, 2.24) is 9.13 Å². The van der Waals surface area contributed by atoms with Crippen molar-refractivity contribution in [3.05, 3.63) is 230 Å². The maximum absolute atomic E-state index is 2.46. The van der Waals surface area contributed by atoms with E-state index < -0.39 is 0 Å². The molecule has 0 fully saturated rings. The van der Waals surface area contributed by atoms with Crippen LogP contribution in [-0.4, -0.2) is 14.4 Å². The molecule has 2 unspecified atom stereocenters. The molecule has 3 nitrogen and oxygen atoms in total. The van der Waals surface area contributed by atoms with Crippen molar-refractivity contribution in [2.45, 2.75) is 16.1 Å². The Balaban J connectivity index is 1.00. The van der Waals surface area contributed by atoms with Crippen molar-refractivity contribution in [3.8, 4) is 22.5 Å². The van der Waals surface area contributed by atoms with Crippen LogP contribution < -0.4 is 4.90 Å². The van der Waals surface area contributed by atoms with Gasteiger partial charge in [-0.25, -0.2) is 0 Å². The summed E-state index contributed by atoms with van der Waals surface area (Å²) >= 11 is 3.88. The fourth-order valence-corrected chi connectivity index (χ4v) is 13.4. The van der Waals surface area contributed by atoms with Crippen LogP contribution in [0.3, 0.4) is 0 Å². The third kappa shape index (κ3) is 5.62. The van der Waals surface area contributed by atoms with Gasteiger partial charge in [0, 0.05) is 86.2 Å². The molecule has 2 aliphatic rings. The van der Waals surface area contributed by atoms with Crippen LogP contribution in [0, 0.1) is 0 Å². The van der Waals surface area contributed by atoms with E-state index in [-0.39, 0.29) is 0 Å². The van der Waals surface area contributed by atoms with E-state index in [2.05, 4.69) is 239 Å². The Morgan fingerprint density at radius 1 is 0.415 bits per heavy atom. The predicted octanol–water partition coefficient (Wildman–Crippen LogP) is 17.1. The fourth-order valence-electron chi connectivity index (χ4n) is 10.8. The van der Waals surface area contributed by atoms with Crippen molar-refractivity contribution in [2.75, 3.05) is 4.90 Å². The van der Waals surface area contributed by atoms with Gasteiger partial charge in [0.25, 0.3) is 0 Å². The van der Waals surface area contributed by atoms with Crippen LogP contribution >= 0.6 is 23.1 Å². The first-order valence-electron chi connectivity index (χ1n) is 22.3. The number of hydrogen-bond acceptors (Lipinski definition) is 3. The minimum atomic E-state index is 0.425. The molecule has 4 heterocycles. The average molecular weight is 866 g/mol. The zero-order valence-electron chi connectivity index (χ0n) is 35.2. The van der Waals surface area contributed by atoms with E-state index in [1.165, 1.54) is 85.4 Å². The average Bonchev–Trinajstić information content (AvgIpc) is 4.12. The minimum Gasteiger partial charge on any atom is -0.310 e. The molecule has 9 aromatic carbocycles. The van der Waals surface area contributed by atoms with E-state index >= 15 is 0 Å². The number of para-hydroxylation sites is 3. The quantitative estimate of drug-likeness (QED) is 0.165. The number of rotatable bonds is 6. The molecule has 0 bridgehead atoms. The Bertz CT molecular complexity index is 3930. The highest BCUT2D eigenvalue weighted by atomic mass is 32.2. The van der Waals surface area contributed by atoms with E-state index in [4.69, 9.17) is 0 Å². The van der Waals surface area contributed by atoms with Gasteiger partial charge in [-0.1, -0.05) is 127 Å². The van der Waals surface area contributed by atoms with Gasteiger partial charge in [-0.3, -0.25) is 0 Å². The lowest BCUT2D eigenvalue weighted by molar-refractivity contribution is 0.881. The van der Waals surface area contributed by atoms with E-state index in [1.807, 2.05) is 23.1 Å². The van der Waals surface area contributed by atoms with Gasteiger partial charge in [0.1, 0.15) is 0 Å². The number of anilines is 3. The molecule has 0 N–H and O–H groups in total. The number of benzene rings is 9. The summed E-state index contributed by atoms with van der Waals surface area (Å²) in [5, 5.41) is 8.06. The summed E-state index contributed by atoms with van der Waals surface area (Å²) in [6.45, 7) is 0. The molecular formula is C60H39N3S2. The highest BCUT2D eigenvalue weighted by molar-refractivity contribution is 8.00. The summed E-state index contributed by atoms with van der Waals surface area (Å²) in [6, 6.07) is 74.1. The number of aromatic nitrogens is 2. The maximum Gasteiger partial charge on any atom is 0.0548 e. The third-order valence-electron chi connectivity index (χ3n) is 13.6. The van der Waals surface area contributed by atoms with Crippen LogP contribution in [-0.2, 0) is 0 Å². The van der Waals surface area contributed by atoms with Crippen LogP contribution in [0.4, 0.5) is 17.1 Å². The second-order valence-electron chi connectivity index (χ2n) is 17.2. The van der Waals surface area contributed by atoms with Crippen molar-refractivity contribution < 1.29 is 0 Å². The second-order valence-corrected chi connectivity index (χ2v) is 19.4. The SMILES string of the molecule is C1=CC2Sc3c(-c4ccc(N(c5ccc6c(c5)c5ccccc5n6-c5ccccc5)c5ccc6c(c5)c5c7c(ccc5n6-c5ccccc5)sc5ccccc57)cc4)cccc3C2C=C1. The highest BCUT2D eigenvalue weighted by Crippen LogP contribution is 2.52. The summed E-state index contributed by atoms with van der Waals surface area (Å²) in [6.07, 6.45) is 9.11. The summed E-state index contributed by atoms with van der Waals surface area (Å²) in [4.78, 5) is 3.86. The molecule has 3 aromatic heterocycles. The lowest BCUT2D eigenvalue weighted by Crippen LogP contribution is -2.10. The van der Waals surface area contributed by atoms with Gasteiger partial charge in [0.15, 0.2) is 0 Å². The van der Waals surface area contributed by atoms with E-state index in [9.17, 15) is 0 Å². The van der Waals surface area contributed by atoms with Crippen LogP contribution in [0.1, 0.15) is 11.5 Å². The van der Waals surface area contributed by atoms with Gasteiger partial charge in [0.05, 0.1) is 22.1 Å². The number of thiophene rings is 1. The van der Waals surface area contributed by atoms with Gasteiger partial charge < -0.3 is 14.0 Å². The lowest BCUT2D eigenvalue weighted by Gasteiger charge is -2.26. The van der Waals surface area contributed by atoms with Crippen LogP contribution in [0.15, 0.2) is 229 Å². The Morgan fingerprint density at radius 2 is 1.03 bits per heavy atom. The molecule has 1 aliphatic heterocycles. The zero-order valence-corrected chi connectivity index (χ0v) is 36.8. The van der Waals surface area contributed by atoms with Crippen molar-refractivity contribution in [2.24, 2.45) is 0 Å². The molecule has 0 spiro atoms. The fraction of sp³-hybridized carbons (Fsp3) is 0.0333. The predicted molar refractivity (Wildman–Crippen MR) is 279 cm³/mol. The summed E-state index contributed by atoms with van der Waals surface area (Å²) in [5.74, 6) is 0.425. The van der Waals surface area contributed by atoms with Crippen molar-refractivity contribution in [3.63, 3.8) is 0 Å². The molecular weight excluding hydrogens is 827 g/mol. The number of hydrogen-bond donors (Lipinski definition) is 0. The van der Waals surface area contributed by atoms with E-state index in [0.29, 0.717) is 11.2 Å². The van der Waals surface area contributed by atoms with Crippen LogP contribution in [0.2, 0.25) is 0 Å². The lowest BCUT2D eigenvalue weighted by atomic mass is 9.90. The highest BCUT2D eigenvalue weighted by Gasteiger charge is 2.33. The van der Waals surface area contributed by atoms with Crippen molar-refractivity contribution in [1.29, 1.82) is 0 Å². The molecule has 14 rings (SSSR count). The van der Waals surface area contributed by atoms with Gasteiger partial charge in [-0.05, 0) is 114 Å². The van der Waals surface area contributed by atoms with Crippen LogP contribution in [0.5, 0.6) is 0 Å². The monoisotopic (exact) mass is 865 g/mol. The van der Waals surface area contributed by atoms with E-state index in [1.54, 1.807) is 0 Å². The molecule has 2 atom stereocenters. The zero-order chi connectivity index (χ0) is 42.6. The molecule has 1 aliphatic carbocycles. The number of thioether (sulfide) groups is 1. The Labute approximate surface area is 384 Å². The minimum absolute atomic E-state index is 0.425. The molecule has 0 saturated carbocycles. The largest absolute Gasteiger partial charge is 0.310 e. The summed E-state index contributed by atoms with van der Waals surface area (Å²) in [7, 11) is 0. The molecule has 5 heteroatoms. The molecule has 12 aromatic rings. The molecule has 306 valence electrons. The van der Waals surface area contributed by atoms with Gasteiger partial charge in [-0.15, -0.1) is 23.1 Å². The molecule has 0 amide bonds. The smallest absolute Gasteiger partial charge is 0.0548 e. The number of nitrogens with zero attached hydrogens (tertiary/aromatic N) is 3. The maximum atomic E-state index is 2.46. The molecule has 0 radical (unpaired) electrons. The Hall–Kier alpha value is -7.57. The number of allylic oxidation sites excluding steroid dienone is 3. The first-order chi connectivity index (χ1) is 32.2. The van der Waals surface area contributed by atoms with Crippen LogP contribution in [0.25, 0.3) is 86.3 Å². The third-order valence-corrected chi connectivity index (χ3v) is 16.2. The summed E-state index contributed by atoms with van der Waals surface area (Å²) < 4.78 is 7.46. The summed E-state index contributed by atoms with van der Waals surface area (Å²) in [5.41, 5.74) is 14.4. The standard InChI is InChI=1S/C60H39N3S2/c1-3-14-39(15-4-1)62-51-23-10-7-18-45(51)49-36-42(30-32-52(49)62)61(41-28-26-38(27-29-41)44-21-13-22-47-46-19-8-11-24-55(46)65-60(44)47)43-31-33-53-50(37-43)58-54(63(53)40-16-5-2-6-17-40)34-35-57-59(58)48-20-9-12-25-56(48)64-57/h1-37,46,55H. The molecule has 65 heavy (non-hydrogen) atoms. The normalized spacial score (nSPS) is 15.5. The topological polar surface area (TPSA) is 13.1 Å². The van der Waals surface area contributed by atoms with Gasteiger partial charge >= 0.3 is 0 Å². The first kappa shape index (κ1) is 36.9. The Morgan fingerprint density at radius 3 is 1.82 bits per heavy atom. The van der Waals surface area contributed by atoms with E-state index in [0.717, 1.165) is 28.4 Å². The van der Waals surface area contributed by atoms with Gasteiger partial charge in [0.2, 0.25) is 0 Å². The number of fused-ring (bicyclic) bond motifs is 13. The van der Waals surface area contributed by atoms with Gasteiger partial charge in [-0.2, -0.15) is 0 Å². The molecule has 0 saturated heterocycles. The van der Waals surface area contributed by atoms with Crippen molar-refractivity contribution >= 4 is 104 Å².